The third-order valence-corrected chi connectivity index (χ3v) is 6.27. The molecule has 1 aliphatic rings. The molecular formula is C22H31N5O3S. The molecule has 8 nitrogen and oxygen atoms in total. The number of ether oxygens (including phenoxy) is 1. The molecule has 0 aliphatic carbocycles. The number of likely N-dealkylation sites (tertiary alicyclic amines) is 1. The summed E-state index contributed by atoms with van der Waals surface area (Å²) >= 11 is 1.21. The molecule has 168 valence electrons. The van der Waals surface area contributed by atoms with E-state index in [1.807, 2.05) is 0 Å². The number of piperidine rings is 1. The van der Waals surface area contributed by atoms with Crippen LogP contribution in [0.1, 0.15) is 47.4 Å². The summed E-state index contributed by atoms with van der Waals surface area (Å²) < 4.78 is 5.10. The normalized spacial score (nSPS) is 16.6. The highest BCUT2D eigenvalue weighted by Crippen LogP contribution is 2.18. The van der Waals surface area contributed by atoms with E-state index in [0.29, 0.717) is 30.1 Å². The second-order valence-electron chi connectivity index (χ2n) is 7.94. The Kier molecular flexibility index (Phi) is 8.78. The average molecular weight is 446 g/mol. The smallest absolute Gasteiger partial charge is 0.286 e. The van der Waals surface area contributed by atoms with Gasteiger partial charge in [0.25, 0.3) is 5.91 Å². The summed E-state index contributed by atoms with van der Waals surface area (Å²) in [5.74, 6) is 1.19. The lowest BCUT2D eigenvalue weighted by Gasteiger charge is -2.30. The number of nitrogens with zero attached hydrogens (tertiary/aromatic N) is 3. The van der Waals surface area contributed by atoms with Gasteiger partial charge >= 0.3 is 0 Å². The third kappa shape index (κ3) is 7.59. The lowest BCUT2D eigenvalue weighted by atomic mass is 10.0. The van der Waals surface area contributed by atoms with Gasteiger partial charge in [-0.1, -0.05) is 18.3 Å². The number of carbonyl (C=O) groups excluding carboxylic acids is 2. The number of rotatable bonds is 10. The second kappa shape index (κ2) is 11.8. The monoisotopic (exact) mass is 445 g/mol. The molecule has 1 fully saturated rings. The summed E-state index contributed by atoms with van der Waals surface area (Å²) in [6.45, 7) is 6.36. The van der Waals surface area contributed by atoms with E-state index in [4.69, 9.17) is 4.74 Å². The Bertz CT molecular complexity index is 855. The molecule has 0 bridgehead atoms. The van der Waals surface area contributed by atoms with E-state index in [9.17, 15) is 9.59 Å². The molecule has 1 aromatic carbocycles. The number of hydrogen-bond donors (Lipinski definition) is 2. The summed E-state index contributed by atoms with van der Waals surface area (Å²) in [5, 5.41) is 14.7. The van der Waals surface area contributed by atoms with Crippen molar-refractivity contribution in [3.63, 3.8) is 0 Å². The first-order valence-electron chi connectivity index (χ1n) is 10.8. The van der Waals surface area contributed by atoms with Gasteiger partial charge in [0.2, 0.25) is 10.9 Å². The quantitative estimate of drug-likeness (QED) is 0.546. The van der Waals surface area contributed by atoms with Gasteiger partial charge in [-0.15, -0.1) is 10.2 Å². The van der Waals surface area contributed by atoms with Gasteiger partial charge in [0.15, 0.2) is 0 Å². The predicted octanol–water partition coefficient (Wildman–Crippen LogP) is 2.97. The van der Waals surface area contributed by atoms with Crippen LogP contribution in [0.4, 0.5) is 5.69 Å². The number of aromatic nitrogens is 2. The van der Waals surface area contributed by atoms with E-state index >= 15 is 0 Å². The summed E-state index contributed by atoms with van der Waals surface area (Å²) in [6, 6.07) is 7.06. The van der Waals surface area contributed by atoms with E-state index in [1.54, 1.807) is 31.4 Å². The fourth-order valence-electron chi connectivity index (χ4n) is 3.63. The number of aryl methyl sites for hydroxylation is 1. The number of benzene rings is 1. The average Bonchev–Trinajstić information content (AvgIpc) is 3.25. The number of anilines is 1. The van der Waals surface area contributed by atoms with E-state index in [1.165, 1.54) is 37.3 Å². The standard InChI is InChI=1S/C22H31N5O3S/c1-16-5-3-13-27(15-16)14-4-12-23-19(28)10-11-20-25-26-22(31-20)21(29)24-17-6-8-18(30-2)9-7-17/h6-9,16H,3-5,10-15H2,1-2H3,(H,23,28)(H,24,29)/t16-/m0/s1. The Morgan fingerprint density at radius 2 is 2.06 bits per heavy atom. The highest BCUT2D eigenvalue weighted by molar-refractivity contribution is 7.13. The molecule has 1 aromatic heterocycles. The molecular weight excluding hydrogens is 414 g/mol. The molecule has 2 heterocycles. The van der Waals surface area contributed by atoms with Crippen LogP contribution in [0, 0.1) is 5.92 Å². The van der Waals surface area contributed by atoms with E-state index < -0.39 is 0 Å². The lowest BCUT2D eigenvalue weighted by molar-refractivity contribution is -0.121. The molecule has 1 atom stereocenters. The molecule has 3 rings (SSSR count). The molecule has 0 radical (unpaired) electrons. The molecule has 0 spiro atoms. The van der Waals surface area contributed by atoms with Gasteiger partial charge in [0, 0.05) is 31.6 Å². The number of methoxy groups -OCH3 is 1. The number of nitrogens with one attached hydrogen (secondary N) is 2. The van der Waals surface area contributed by atoms with Gasteiger partial charge in [-0.05, 0) is 62.5 Å². The van der Waals surface area contributed by atoms with Crippen molar-refractivity contribution in [1.29, 1.82) is 0 Å². The van der Waals surface area contributed by atoms with Crippen LogP contribution in [0.25, 0.3) is 0 Å². The summed E-state index contributed by atoms with van der Waals surface area (Å²) in [6.07, 6.45) is 4.38. The fourth-order valence-corrected chi connectivity index (χ4v) is 4.37. The molecule has 1 saturated heterocycles. The molecule has 0 saturated carbocycles. The Morgan fingerprint density at radius 3 is 2.81 bits per heavy atom. The van der Waals surface area contributed by atoms with Gasteiger partial charge in [-0.2, -0.15) is 0 Å². The number of hydrogen-bond acceptors (Lipinski definition) is 7. The van der Waals surface area contributed by atoms with Crippen LogP contribution >= 0.6 is 11.3 Å². The molecule has 2 aromatic rings. The highest BCUT2D eigenvalue weighted by atomic mass is 32.1. The van der Waals surface area contributed by atoms with Gasteiger partial charge in [-0.25, -0.2) is 0 Å². The van der Waals surface area contributed by atoms with E-state index in [-0.39, 0.29) is 16.8 Å². The minimum absolute atomic E-state index is 0.00597. The van der Waals surface area contributed by atoms with Crippen LogP contribution in [0.15, 0.2) is 24.3 Å². The van der Waals surface area contributed by atoms with E-state index in [0.717, 1.165) is 24.6 Å². The topological polar surface area (TPSA) is 96.5 Å². The van der Waals surface area contributed by atoms with Crippen molar-refractivity contribution in [2.45, 2.75) is 39.0 Å². The Morgan fingerprint density at radius 1 is 1.26 bits per heavy atom. The van der Waals surface area contributed by atoms with Crippen LogP contribution in [0.5, 0.6) is 5.75 Å². The van der Waals surface area contributed by atoms with Crippen molar-refractivity contribution >= 4 is 28.8 Å². The summed E-state index contributed by atoms with van der Waals surface area (Å²) in [5.41, 5.74) is 0.654. The van der Waals surface area contributed by atoms with Crippen LogP contribution in [-0.4, -0.2) is 60.2 Å². The maximum absolute atomic E-state index is 12.3. The molecule has 0 unspecified atom stereocenters. The van der Waals surface area contributed by atoms with Crippen molar-refractivity contribution in [2.75, 3.05) is 38.6 Å². The largest absolute Gasteiger partial charge is 0.497 e. The van der Waals surface area contributed by atoms with Gasteiger partial charge in [-0.3, -0.25) is 9.59 Å². The van der Waals surface area contributed by atoms with Crippen LogP contribution in [0.3, 0.4) is 0 Å². The molecule has 1 aliphatic heterocycles. The SMILES string of the molecule is COc1ccc(NC(=O)c2nnc(CCC(=O)NCCCN3CCC[C@H](C)C3)s2)cc1. The lowest BCUT2D eigenvalue weighted by Crippen LogP contribution is -2.36. The maximum atomic E-state index is 12.3. The fraction of sp³-hybridized carbons (Fsp3) is 0.545. The molecule has 9 heteroatoms. The van der Waals surface area contributed by atoms with Crippen LogP contribution in [0.2, 0.25) is 0 Å². The summed E-state index contributed by atoms with van der Waals surface area (Å²) in [4.78, 5) is 26.9. The van der Waals surface area contributed by atoms with Gasteiger partial charge in [0.05, 0.1) is 7.11 Å². The van der Waals surface area contributed by atoms with Crippen molar-refractivity contribution in [2.24, 2.45) is 5.92 Å². The molecule has 2 amide bonds. The first kappa shape index (κ1) is 23.1. The van der Waals surface area contributed by atoms with Crippen LogP contribution in [-0.2, 0) is 11.2 Å². The number of amides is 2. The molecule has 31 heavy (non-hydrogen) atoms. The van der Waals surface area contributed by atoms with Gasteiger partial charge < -0.3 is 20.3 Å². The zero-order valence-corrected chi connectivity index (χ0v) is 19.0. The second-order valence-corrected chi connectivity index (χ2v) is 9.00. The maximum Gasteiger partial charge on any atom is 0.286 e. The zero-order chi connectivity index (χ0) is 22.1. The minimum Gasteiger partial charge on any atom is -0.497 e. The minimum atomic E-state index is -0.314. The highest BCUT2D eigenvalue weighted by Gasteiger charge is 2.16. The van der Waals surface area contributed by atoms with Crippen molar-refractivity contribution in [1.82, 2.24) is 20.4 Å². The van der Waals surface area contributed by atoms with Gasteiger partial charge in [0.1, 0.15) is 10.8 Å². The Balaban J connectivity index is 1.34. The predicted molar refractivity (Wildman–Crippen MR) is 122 cm³/mol. The Hall–Kier alpha value is -2.52. The first-order valence-corrected chi connectivity index (χ1v) is 11.6. The first-order chi connectivity index (χ1) is 15.0. The van der Waals surface area contributed by atoms with Crippen molar-refractivity contribution in [3.8, 4) is 5.75 Å². The third-order valence-electron chi connectivity index (χ3n) is 5.29. The van der Waals surface area contributed by atoms with Crippen LogP contribution < -0.4 is 15.4 Å². The zero-order valence-electron chi connectivity index (χ0n) is 18.2. The van der Waals surface area contributed by atoms with Crippen molar-refractivity contribution in [3.05, 3.63) is 34.3 Å². The summed E-state index contributed by atoms with van der Waals surface area (Å²) in [7, 11) is 1.59. The Labute approximate surface area is 187 Å². The van der Waals surface area contributed by atoms with E-state index in [2.05, 4.69) is 32.7 Å². The van der Waals surface area contributed by atoms with Crippen molar-refractivity contribution < 1.29 is 14.3 Å². The molecule has 2 N–H and O–H groups in total. The number of carbonyl (C=O) groups is 2.